The second-order valence-electron chi connectivity index (χ2n) is 4.36. The quantitative estimate of drug-likeness (QED) is 0.748. The molecule has 0 bridgehead atoms. The Morgan fingerprint density at radius 2 is 1.95 bits per heavy atom. The fourth-order valence-corrected chi connectivity index (χ4v) is 2.61. The predicted octanol–water partition coefficient (Wildman–Crippen LogP) is 4.69. The van der Waals surface area contributed by atoms with Crippen LogP contribution in [0.2, 0.25) is 5.02 Å². The summed E-state index contributed by atoms with van der Waals surface area (Å²) < 4.78 is 11.7. The molecule has 19 heavy (non-hydrogen) atoms. The van der Waals surface area contributed by atoms with Crippen molar-refractivity contribution in [1.82, 2.24) is 0 Å². The van der Waals surface area contributed by atoms with Crippen LogP contribution in [0.4, 0.5) is 0 Å². The van der Waals surface area contributed by atoms with E-state index in [1.54, 1.807) is 0 Å². The third kappa shape index (κ3) is 2.57. The number of hydrogen-bond acceptors (Lipinski definition) is 2. The van der Waals surface area contributed by atoms with Gasteiger partial charge in [-0.25, -0.2) is 0 Å². The van der Waals surface area contributed by atoms with Gasteiger partial charge in [-0.05, 0) is 12.1 Å². The zero-order chi connectivity index (χ0) is 13.2. The van der Waals surface area contributed by atoms with Gasteiger partial charge in [-0.15, -0.1) is 11.6 Å². The lowest BCUT2D eigenvalue weighted by atomic mass is 10.1. The van der Waals surface area contributed by atoms with Gasteiger partial charge in [-0.2, -0.15) is 0 Å². The lowest BCUT2D eigenvalue weighted by Gasteiger charge is -2.28. The Bertz CT molecular complexity index is 567. The van der Waals surface area contributed by atoms with Crippen LogP contribution < -0.4 is 4.74 Å². The van der Waals surface area contributed by atoms with E-state index in [1.807, 2.05) is 42.5 Å². The maximum absolute atomic E-state index is 6.04. The molecule has 1 atom stereocenters. The summed E-state index contributed by atoms with van der Waals surface area (Å²) in [5.41, 5.74) is 2.83. The summed E-state index contributed by atoms with van der Waals surface area (Å²) in [4.78, 5) is 0. The Labute approximate surface area is 121 Å². The summed E-state index contributed by atoms with van der Waals surface area (Å²) >= 11 is 12.0. The zero-order valence-corrected chi connectivity index (χ0v) is 11.6. The molecule has 3 rings (SSSR count). The Morgan fingerprint density at radius 1 is 1.16 bits per heavy atom. The van der Waals surface area contributed by atoms with Crippen LogP contribution >= 0.6 is 23.2 Å². The smallest absolute Gasteiger partial charge is 0.227 e. The Balaban J connectivity index is 1.95. The first-order valence-electron chi connectivity index (χ1n) is 5.98. The van der Waals surface area contributed by atoms with Crippen molar-refractivity contribution in [2.24, 2.45) is 0 Å². The average molecular weight is 295 g/mol. The van der Waals surface area contributed by atoms with Gasteiger partial charge in [0.15, 0.2) is 0 Å². The van der Waals surface area contributed by atoms with Gasteiger partial charge >= 0.3 is 0 Å². The van der Waals surface area contributed by atoms with Gasteiger partial charge in [0, 0.05) is 21.7 Å². The van der Waals surface area contributed by atoms with Gasteiger partial charge in [0.05, 0.1) is 12.5 Å². The van der Waals surface area contributed by atoms with E-state index in [2.05, 4.69) is 0 Å². The summed E-state index contributed by atoms with van der Waals surface area (Å²) in [5.74, 6) is 1.16. The largest absolute Gasteiger partial charge is 0.460 e. The SMILES string of the molecule is ClCc1cc(Cl)cc2c1O[C@H](c1ccccc1)OC2. The molecule has 0 radical (unpaired) electrons. The number of hydrogen-bond donors (Lipinski definition) is 0. The van der Waals surface area contributed by atoms with E-state index in [0.29, 0.717) is 17.5 Å². The van der Waals surface area contributed by atoms with E-state index in [1.165, 1.54) is 0 Å². The third-order valence-electron chi connectivity index (χ3n) is 3.04. The van der Waals surface area contributed by atoms with Crippen molar-refractivity contribution in [2.45, 2.75) is 18.8 Å². The monoisotopic (exact) mass is 294 g/mol. The topological polar surface area (TPSA) is 18.5 Å². The second kappa shape index (κ2) is 5.41. The minimum Gasteiger partial charge on any atom is -0.460 e. The number of fused-ring (bicyclic) bond motifs is 1. The van der Waals surface area contributed by atoms with Crippen LogP contribution in [-0.2, 0) is 17.2 Å². The van der Waals surface area contributed by atoms with Gasteiger partial charge in [-0.3, -0.25) is 0 Å². The minimum atomic E-state index is -0.392. The van der Waals surface area contributed by atoms with Gasteiger partial charge < -0.3 is 9.47 Å². The van der Waals surface area contributed by atoms with Crippen LogP contribution in [0.15, 0.2) is 42.5 Å². The van der Waals surface area contributed by atoms with E-state index in [9.17, 15) is 0 Å². The molecule has 0 amide bonds. The molecule has 0 unspecified atom stereocenters. The molecule has 1 aliphatic heterocycles. The lowest BCUT2D eigenvalue weighted by Crippen LogP contribution is -2.18. The fraction of sp³-hybridized carbons (Fsp3) is 0.200. The Hall–Kier alpha value is -1.22. The van der Waals surface area contributed by atoms with Gasteiger partial charge in [-0.1, -0.05) is 41.9 Å². The van der Waals surface area contributed by atoms with Crippen LogP contribution in [0.1, 0.15) is 23.0 Å². The van der Waals surface area contributed by atoms with Crippen molar-refractivity contribution < 1.29 is 9.47 Å². The number of alkyl halides is 1. The van der Waals surface area contributed by atoms with E-state index in [-0.39, 0.29) is 0 Å². The van der Waals surface area contributed by atoms with Crippen LogP contribution in [0.3, 0.4) is 0 Å². The molecule has 2 nitrogen and oxygen atoms in total. The molecule has 0 saturated carbocycles. The number of ether oxygens (including phenoxy) is 2. The van der Waals surface area contributed by atoms with Crippen molar-refractivity contribution in [3.05, 3.63) is 64.2 Å². The van der Waals surface area contributed by atoms with Crippen molar-refractivity contribution >= 4 is 23.2 Å². The summed E-state index contributed by atoms with van der Waals surface area (Å²) in [6.45, 7) is 0.472. The van der Waals surface area contributed by atoms with Crippen molar-refractivity contribution in [3.63, 3.8) is 0 Å². The lowest BCUT2D eigenvalue weighted by molar-refractivity contribution is -0.111. The molecule has 4 heteroatoms. The highest BCUT2D eigenvalue weighted by atomic mass is 35.5. The van der Waals surface area contributed by atoms with Crippen molar-refractivity contribution in [1.29, 1.82) is 0 Å². The second-order valence-corrected chi connectivity index (χ2v) is 5.06. The van der Waals surface area contributed by atoms with Crippen LogP contribution in [0, 0.1) is 0 Å². The first-order valence-corrected chi connectivity index (χ1v) is 6.89. The first-order chi connectivity index (χ1) is 9.28. The third-order valence-corrected chi connectivity index (χ3v) is 3.54. The van der Waals surface area contributed by atoms with Crippen molar-refractivity contribution in [3.8, 4) is 5.75 Å². The molecular weight excluding hydrogens is 283 g/mol. The number of benzene rings is 2. The standard InChI is InChI=1S/C15H12Cl2O2/c16-8-11-6-13(17)7-12-9-18-15(19-14(11)12)10-4-2-1-3-5-10/h1-7,15H,8-9H2/t15-/m1/s1. The van der Waals surface area contributed by atoms with Crippen molar-refractivity contribution in [2.75, 3.05) is 0 Å². The van der Waals surface area contributed by atoms with Crippen LogP contribution in [0.5, 0.6) is 5.75 Å². The van der Waals surface area contributed by atoms with E-state index >= 15 is 0 Å². The molecule has 0 spiro atoms. The van der Waals surface area contributed by atoms with E-state index in [0.717, 1.165) is 22.4 Å². The molecule has 0 aromatic heterocycles. The molecular formula is C15H12Cl2O2. The van der Waals surface area contributed by atoms with E-state index < -0.39 is 6.29 Å². The van der Waals surface area contributed by atoms with Crippen LogP contribution in [-0.4, -0.2) is 0 Å². The number of rotatable bonds is 2. The first kappa shape index (κ1) is 12.8. The Kier molecular flexibility index (Phi) is 3.65. The maximum Gasteiger partial charge on any atom is 0.227 e. The molecule has 98 valence electrons. The normalized spacial score (nSPS) is 17.7. The summed E-state index contributed by atoms with van der Waals surface area (Å²) in [7, 11) is 0. The molecule has 1 heterocycles. The zero-order valence-electron chi connectivity index (χ0n) is 10.1. The van der Waals surface area contributed by atoms with Gasteiger partial charge in [0.2, 0.25) is 6.29 Å². The Morgan fingerprint density at radius 3 is 2.68 bits per heavy atom. The maximum atomic E-state index is 6.04. The molecule has 1 aliphatic rings. The molecule has 0 aliphatic carbocycles. The fourth-order valence-electron chi connectivity index (χ4n) is 2.15. The highest BCUT2D eigenvalue weighted by Crippen LogP contribution is 2.38. The predicted molar refractivity (Wildman–Crippen MR) is 75.6 cm³/mol. The average Bonchev–Trinajstić information content (AvgIpc) is 2.46. The summed E-state index contributed by atoms with van der Waals surface area (Å²) in [6.07, 6.45) is -0.392. The highest BCUT2D eigenvalue weighted by Gasteiger charge is 2.24. The van der Waals surface area contributed by atoms with E-state index in [4.69, 9.17) is 32.7 Å². The molecule has 0 N–H and O–H groups in total. The van der Waals surface area contributed by atoms with Gasteiger partial charge in [0.25, 0.3) is 0 Å². The molecule has 0 fully saturated rings. The highest BCUT2D eigenvalue weighted by molar-refractivity contribution is 6.31. The van der Waals surface area contributed by atoms with Gasteiger partial charge in [0.1, 0.15) is 5.75 Å². The minimum absolute atomic E-state index is 0.365. The molecule has 2 aromatic carbocycles. The number of halogens is 2. The van der Waals surface area contributed by atoms with Crippen LogP contribution in [0.25, 0.3) is 0 Å². The summed E-state index contributed by atoms with van der Waals surface area (Å²) in [5, 5.41) is 0.653. The molecule has 2 aromatic rings. The molecule has 0 saturated heterocycles. The summed E-state index contributed by atoms with van der Waals surface area (Å²) in [6, 6.07) is 13.5.